The van der Waals surface area contributed by atoms with Gasteiger partial charge in [-0.25, -0.2) is 0 Å². The summed E-state index contributed by atoms with van der Waals surface area (Å²) in [6, 6.07) is 0. The van der Waals surface area contributed by atoms with Gasteiger partial charge in [-0.2, -0.15) is 5.10 Å². The summed E-state index contributed by atoms with van der Waals surface area (Å²) >= 11 is 0. The highest BCUT2D eigenvalue weighted by atomic mass is 16.5. The molecule has 3 heterocycles. The predicted molar refractivity (Wildman–Crippen MR) is 62.9 cm³/mol. The van der Waals surface area contributed by atoms with E-state index in [0.29, 0.717) is 12.2 Å². The minimum atomic E-state index is 0.149. The molecule has 2 atom stereocenters. The van der Waals surface area contributed by atoms with E-state index in [1.807, 2.05) is 13.1 Å². The van der Waals surface area contributed by atoms with Crippen molar-refractivity contribution in [3.8, 4) is 0 Å². The normalized spacial score (nSPS) is 31.7. The Bertz CT molecular complexity index is 415. The van der Waals surface area contributed by atoms with Gasteiger partial charge in [-0.3, -0.25) is 9.48 Å². The Kier molecular flexibility index (Phi) is 2.74. The van der Waals surface area contributed by atoms with Gasteiger partial charge < -0.3 is 4.74 Å². The Morgan fingerprint density at radius 2 is 2.18 bits per heavy atom. The van der Waals surface area contributed by atoms with E-state index in [1.54, 1.807) is 10.9 Å². The van der Waals surface area contributed by atoms with Gasteiger partial charge >= 0.3 is 0 Å². The van der Waals surface area contributed by atoms with Crippen molar-refractivity contribution in [2.75, 3.05) is 0 Å². The Morgan fingerprint density at radius 1 is 1.47 bits per heavy atom. The van der Waals surface area contributed by atoms with E-state index < -0.39 is 0 Å². The van der Waals surface area contributed by atoms with Crippen molar-refractivity contribution in [2.24, 2.45) is 5.92 Å². The number of carbonyl (C=O) groups is 1. The lowest BCUT2D eigenvalue weighted by Gasteiger charge is -2.26. The van der Waals surface area contributed by atoms with Crippen LogP contribution in [0.3, 0.4) is 0 Å². The van der Waals surface area contributed by atoms with Crippen LogP contribution in [-0.4, -0.2) is 27.8 Å². The molecule has 2 aliphatic rings. The van der Waals surface area contributed by atoms with Gasteiger partial charge in [-0.1, -0.05) is 0 Å². The molecule has 0 saturated carbocycles. The van der Waals surface area contributed by atoms with Crippen LogP contribution in [0.1, 0.15) is 43.0 Å². The first-order valence-electron chi connectivity index (χ1n) is 6.48. The third-order valence-corrected chi connectivity index (χ3v) is 3.90. The maximum Gasteiger partial charge on any atom is 0.169 e. The first-order chi connectivity index (χ1) is 8.26. The van der Waals surface area contributed by atoms with Crippen LogP contribution >= 0.6 is 0 Å². The summed E-state index contributed by atoms with van der Waals surface area (Å²) in [5, 5.41) is 4.17. The van der Waals surface area contributed by atoms with Crippen molar-refractivity contribution in [3.63, 3.8) is 0 Å². The minimum absolute atomic E-state index is 0.149. The maximum absolute atomic E-state index is 12.3. The van der Waals surface area contributed by atoms with Gasteiger partial charge in [-0.15, -0.1) is 0 Å². The van der Waals surface area contributed by atoms with Crippen LogP contribution in [-0.2, 0) is 11.3 Å². The van der Waals surface area contributed by atoms with Crippen LogP contribution in [0.4, 0.5) is 0 Å². The van der Waals surface area contributed by atoms with Crippen molar-refractivity contribution >= 4 is 5.78 Å². The number of fused-ring (bicyclic) bond motifs is 2. The lowest BCUT2D eigenvalue weighted by molar-refractivity contribution is -0.0149. The maximum atomic E-state index is 12.3. The monoisotopic (exact) mass is 234 g/mol. The molecule has 2 saturated heterocycles. The third kappa shape index (κ3) is 2.02. The van der Waals surface area contributed by atoms with Crippen LogP contribution in [0.15, 0.2) is 12.4 Å². The Hall–Kier alpha value is -1.16. The molecule has 2 bridgehead atoms. The van der Waals surface area contributed by atoms with E-state index in [0.717, 1.165) is 37.8 Å². The average Bonchev–Trinajstić information content (AvgIpc) is 2.95. The van der Waals surface area contributed by atoms with Crippen LogP contribution < -0.4 is 0 Å². The molecule has 0 aliphatic carbocycles. The van der Waals surface area contributed by atoms with E-state index in [2.05, 4.69) is 5.10 Å². The average molecular weight is 234 g/mol. The van der Waals surface area contributed by atoms with E-state index in [-0.39, 0.29) is 11.7 Å². The lowest BCUT2D eigenvalue weighted by atomic mass is 9.89. The second-order valence-corrected chi connectivity index (χ2v) is 5.07. The van der Waals surface area contributed by atoms with Crippen LogP contribution in [0.25, 0.3) is 0 Å². The lowest BCUT2D eigenvalue weighted by Crippen LogP contribution is -2.29. The smallest absolute Gasteiger partial charge is 0.169 e. The molecular formula is C13H18N2O2. The van der Waals surface area contributed by atoms with Crippen LogP contribution in [0.5, 0.6) is 0 Å². The van der Waals surface area contributed by atoms with Crippen molar-refractivity contribution in [1.29, 1.82) is 0 Å². The largest absolute Gasteiger partial charge is 0.375 e. The zero-order chi connectivity index (χ0) is 11.8. The van der Waals surface area contributed by atoms with Gasteiger partial charge in [0.05, 0.1) is 24.0 Å². The van der Waals surface area contributed by atoms with Gasteiger partial charge in [0.15, 0.2) is 5.78 Å². The molecule has 1 aromatic heterocycles. The van der Waals surface area contributed by atoms with Gasteiger partial charge in [0.25, 0.3) is 0 Å². The number of Topliss-reactive ketones (excluding diaryl/α,β-unsaturated/α-hetero) is 1. The molecule has 4 nitrogen and oxygen atoms in total. The van der Waals surface area contributed by atoms with Gasteiger partial charge in [0, 0.05) is 18.7 Å². The number of hydrogen-bond acceptors (Lipinski definition) is 3. The number of hydrogen-bond donors (Lipinski definition) is 0. The van der Waals surface area contributed by atoms with Crippen molar-refractivity contribution < 1.29 is 9.53 Å². The second-order valence-electron chi connectivity index (χ2n) is 5.07. The molecule has 17 heavy (non-hydrogen) atoms. The first kappa shape index (κ1) is 11.0. The summed E-state index contributed by atoms with van der Waals surface area (Å²) in [4.78, 5) is 12.3. The SMILES string of the molecule is CCn1cc(C(=O)C2CC3CCC(C2)O3)cn1. The molecule has 1 aromatic rings. The number of rotatable bonds is 3. The van der Waals surface area contributed by atoms with E-state index in [1.165, 1.54) is 0 Å². The first-order valence-corrected chi connectivity index (χ1v) is 6.48. The minimum Gasteiger partial charge on any atom is -0.375 e. The number of carbonyl (C=O) groups excluding carboxylic acids is 1. The second kappa shape index (κ2) is 4.26. The van der Waals surface area contributed by atoms with Crippen LogP contribution in [0, 0.1) is 5.92 Å². The molecule has 0 radical (unpaired) electrons. The number of ether oxygens (including phenoxy) is 1. The summed E-state index contributed by atoms with van der Waals surface area (Å²) in [5.74, 6) is 0.403. The Morgan fingerprint density at radius 3 is 2.76 bits per heavy atom. The van der Waals surface area contributed by atoms with E-state index >= 15 is 0 Å². The zero-order valence-corrected chi connectivity index (χ0v) is 10.1. The molecule has 4 heteroatoms. The highest BCUT2D eigenvalue weighted by Gasteiger charge is 2.38. The molecule has 2 unspecified atom stereocenters. The standard InChI is InChI=1S/C13H18N2O2/c1-2-15-8-10(7-14-15)13(16)9-5-11-3-4-12(6-9)17-11/h7-9,11-12H,2-6H2,1H3. The molecule has 2 fully saturated rings. The molecule has 92 valence electrons. The summed E-state index contributed by atoms with van der Waals surface area (Å²) in [6.45, 7) is 2.84. The molecule has 0 N–H and O–H groups in total. The summed E-state index contributed by atoms with van der Waals surface area (Å²) < 4.78 is 7.57. The molecule has 0 spiro atoms. The topological polar surface area (TPSA) is 44.1 Å². The quantitative estimate of drug-likeness (QED) is 0.752. The number of ketones is 1. The fourth-order valence-corrected chi connectivity index (χ4v) is 2.97. The molecule has 2 aliphatic heterocycles. The predicted octanol–water partition coefficient (Wildman–Crippen LogP) is 2.04. The Labute approximate surface area is 101 Å². The van der Waals surface area contributed by atoms with Gasteiger partial charge in [0.2, 0.25) is 0 Å². The Balaban J connectivity index is 1.73. The number of aromatic nitrogens is 2. The fourth-order valence-electron chi connectivity index (χ4n) is 2.97. The number of nitrogens with zero attached hydrogens (tertiary/aromatic N) is 2. The summed E-state index contributed by atoms with van der Waals surface area (Å²) in [7, 11) is 0. The molecular weight excluding hydrogens is 216 g/mol. The molecule has 0 aromatic carbocycles. The van der Waals surface area contributed by atoms with Crippen molar-refractivity contribution in [2.45, 2.75) is 51.4 Å². The van der Waals surface area contributed by atoms with Gasteiger partial charge in [0.1, 0.15) is 0 Å². The third-order valence-electron chi connectivity index (χ3n) is 3.90. The van der Waals surface area contributed by atoms with E-state index in [9.17, 15) is 4.79 Å². The zero-order valence-electron chi connectivity index (χ0n) is 10.1. The van der Waals surface area contributed by atoms with Crippen LogP contribution in [0.2, 0.25) is 0 Å². The summed E-state index contributed by atoms with van der Waals surface area (Å²) in [5.41, 5.74) is 0.762. The molecule has 0 amide bonds. The van der Waals surface area contributed by atoms with Crippen molar-refractivity contribution in [1.82, 2.24) is 9.78 Å². The summed E-state index contributed by atoms with van der Waals surface area (Å²) in [6.07, 6.45) is 8.25. The fraction of sp³-hybridized carbons (Fsp3) is 0.692. The van der Waals surface area contributed by atoms with Crippen molar-refractivity contribution in [3.05, 3.63) is 18.0 Å². The molecule has 3 rings (SSSR count). The van der Waals surface area contributed by atoms with Gasteiger partial charge in [-0.05, 0) is 32.6 Å². The number of aryl methyl sites for hydroxylation is 1. The van der Waals surface area contributed by atoms with E-state index in [4.69, 9.17) is 4.74 Å². The highest BCUT2D eigenvalue weighted by Crippen LogP contribution is 2.37. The highest BCUT2D eigenvalue weighted by molar-refractivity contribution is 5.97.